The molecule has 0 aliphatic carbocycles. The molecular formula is C15H25NO3S. The van der Waals surface area contributed by atoms with Gasteiger partial charge in [-0.2, -0.15) is 0 Å². The van der Waals surface area contributed by atoms with Gasteiger partial charge in [-0.05, 0) is 23.1 Å². The maximum atomic E-state index is 10.9. The fraction of sp³-hybridized carbons (Fsp3) is 0.600. The Kier molecular flexibility index (Phi) is 6.02. The van der Waals surface area contributed by atoms with Crippen molar-refractivity contribution in [1.29, 1.82) is 0 Å². The molecule has 1 N–H and O–H groups in total. The number of hydrogen-bond acceptors (Lipinski definition) is 4. The molecule has 0 bridgehead atoms. The van der Waals surface area contributed by atoms with Crippen molar-refractivity contribution >= 4 is 9.84 Å². The fourth-order valence-corrected chi connectivity index (χ4v) is 2.19. The summed E-state index contributed by atoms with van der Waals surface area (Å²) < 4.78 is 27.6. The molecular weight excluding hydrogens is 274 g/mol. The summed E-state index contributed by atoms with van der Waals surface area (Å²) in [6.07, 6.45) is 1.24. The van der Waals surface area contributed by atoms with E-state index in [0.29, 0.717) is 19.7 Å². The summed E-state index contributed by atoms with van der Waals surface area (Å²) in [5.41, 5.74) is 1.34. The maximum absolute atomic E-state index is 10.9. The highest BCUT2D eigenvalue weighted by atomic mass is 32.2. The zero-order valence-corrected chi connectivity index (χ0v) is 13.6. The van der Waals surface area contributed by atoms with E-state index < -0.39 is 9.84 Å². The summed E-state index contributed by atoms with van der Waals surface area (Å²) in [5.74, 6) is 1.01. The minimum Gasteiger partial charge on any atom is -0.492 e. The van der Waals surface area contributed by atoms with Crippen LogP contribution in [-0.4, -0.2) is 40.1 Å². The first-order valence-electron chi connectivity index (χ1n) is 6.80. The van der Waals surface area contributed by atoms with Gasteiger partial charge in [-0.15, -0.1) is 0 Å². The fourth-order valence-electron chi connectivity index (χ4n) is 1.68. The van der Waals surface area contributed by atoms with E-state index in [4.69, 9.17) is 4.74 Å². The zero-order chi connectivity index (χ0) is 15.2. The van der Waals surface area contributed by atoms with E-state index >= 15 is 0 Å². The third-order valence-corrected chi connectivity index (χ3v) is 3.84. The molecule has 0 fully saturated rings. The average molecular weight is 299 g/mol. The Bertz CT molecular complexity index is 518. The average Bonchev–Trinajstić information content (AvgIpc) is 2.31. The first-order valence-corrected chi connectivity index (χ1v) is 8.86. The number of sulfone groups is 1. The molecule has 1 aromatic carbocycles. The van der Waals surface area contributed by atoms with Crippen LogP contribution in [0.25, 0.3) is 0 Å². The van der Waals surface area contributed by atoms with E-state index in [0.717, 1.165) is 5.75 Å². The monoisotopic (exact) mass is 299 g/mol. The van der Waals surface area contributed by atoms with Crippen molar-refractivity contribution in [3.8, 4) is 5.75 Å². The Balaban J connectivity index is 2.32. The van der Waals surface area contributed by atoms with E-state index in [2.05, 4.69) is 38.2 Å². The van der Waals surface area contributed by atoms with Crippen molar-refractivity contribution in [2.45, 2.75) is 26.2 Å². The molecule has 0 saturated heterocycles. The molecule has 0 spiro atoms. The lowest BCUT2D eigenvalue weighted by Gasteiger charge is -2.19. The van der Waals surface area contributed by atoms with Crippen LogP contribution in [0.2, 0.25) is 0 Å². The normalized spacial score (nSPS) is 12.4. The second kappa shape index (κ2) is 7.09. The van der Waals surface area contributed by atoms with Crippen molar-refractivity contribution in [2.24, 2.45) is 0 Å². The predicted octanol–water partition coefficient (Wildman–Crippen LogP) is 2.00. The molecule has 114 valence electrons. The molecule has 4 nitrogen and oxygen atoms in total. The van der Waals surface area contributed by atoms with Crippen molar-refractivity contribution in [3.05, 3.63) is 29.8 Å². The Morgan fingerprint density at radius 1 is 1.20 bits per heavy atom. The summed E-state index contributed by atoms with van der Waals surface area (Å²) in [6, 6.07) is 8.08. The Hall–Kier alpha value is -1.07. The van der Waals surface area contributed by atoms with Crippen molar-refractivity contribution in [3.63, 3.8) is 0 Å². The van der Waals surface area contributed by atoms with E-state index in [1.165, 1.54) is 11.8 Å². The molecule has 0 aliphatic rings. The molecule has 0 amide bonds. The lowest BCUT2D eigenvalue weighted by molar-refractivity contribution is 0.314. The van der Waals surface area contributed by atoms with Crippen LogP contribution < -0.4 is 10.1 Å². The molecule has 0 saturated carbocycles. The number of nitrogens with one attached hydrogen (secondary N) is 1. The molecule has 1 rings (SSSR count). The molecule has 0 heterocycles. The highest BCUT2D eigenvalue weighted by Gasteiger charge is 2.13. The Morgan fingerprint density at radius 2 is 1.90 bits per heavy atom. The first-order chi connectivity index (χ1) is 9.18. The van der Waals surface area contributed by atoms with Gasteiger partial charge in [-0.25, -0.2) is 8.42 Å². The van der Waals surface area contributed by atoms with Gasteiger partial charge in [0.05, 0.1) is 5.75 Å². The van der Waals surface area contributed by atoms with Gasteiger partial charge >= 0.3 is 0 Å². The quantitative estimate of drug-likeness (QED) is 0.782. The topological polar surface area (TPSA) is 55.4 Å². The van der Waals surface area contributed by atoms with Crippen LogP contribution in [0.5, 0.6) is 5.75 Å². The van der Waals surface area contributed by atoms with Crippen molar-refractivity contribution in [2.75, 3.05) is 31.7 Å². The van der Waals surface area contributed by atoms with Crippen LogP contribution in [0.3, 0.4) is 0 Å². The van der Waals surface area contributed by atoms with Crippen molar-refractivity contribution in [1.82, 2.24) is 5.32 Å². The predicted molar refractivity (Wildman–Crippen MR) is 83.2 cm³/mol. The van der Waals surface area contributed by atoms with Crippen LogP contribution in [-0.2, 0) is 15.3 Å². The van der Waals surface area contributed by atoms with Gasteiger partial charge in [0.25, 0.3) is 0 Å². The summed E-state index contributed by atoms with van der Waals surface area (Å²) in [7, 11) is -2.89. The number of benzene rings is 1. The van der Waals surface area contributed by atoms with Crippen LogP contribution in [0, 0.1) is 0 Å². The largest absolute Gasteiger partial charge is 0.492 e. The third kappa shape index (κ3) is 6.91. The highest BCUT2D eigenvalue weighted by Crippen LogP contribution is 2.25. The van der Waals surface area contributed by atoms with E-state index in [1.54, 1.807) is 0 Å². The summed E-state index contributed by atoms with van der Waals surface area (Å²) in [5, 5.41) is 3.05. The number of hydrogen-bond donors (Lipinski definition) is 1. The molecule has 0 unspecified atom stereocenters. The molecule has 20 heavy (non-hydrogen) atoms. The summed E-state index contributed by atoms with van der Waals surface area (Å²) in [4.78, 5) is 0. The maximum Gasteiger partial charge on any atom is 0.148 e. The lowest BCUT2D eigenvalue weighted by atomic mass is 9.87. The highest BCUT2D eigenvalue weighted by molar-refractivity contribution is 7.90. The summed E-state index contributed by atoms with van der Waals surface area (Å²) in [6.45, 7) is 8.12. The SMILES string of the molecule is CC(C)(C)c1cccc(OCCNCCS(C)(=O)=O)c1. The standard InChI is InChI=1S/C15H25NO3S/c1-15(2,3)13-6-5-7-14(12-13)19-10-8-16-9-11-20(4,17)18/h5-7,12,16H,8-11H2,1-4H3. The Morgan fingerprint density at radius 3 is 2.50 bits per heavy atom. The first kappa shape index (κ1) is 17.0. The second-order valence-electron chi connectivity index (χ2n) is 6.01. The van der Waals surface area contributed by atoms with Gasteiger partial charge < -0.3 is 10.1 Å². The van der Waals surface area contributed by atoms with Gasteiger partial charge in [0.15, 0.2) is 0 Å². The van der Waals surface area contributed by atoms with Gasteiger partial charge in [-0.3, -0.25) is 0 Å². The molecule has 5 heteroatoms. The van der Waals surface area contributed by atoms with E-state index in [9.17, 15) is 8.42 Å². The summed E-state index contributed by atoms with van der Waals surface area (Å²) >= 11 is 0. The minimum absolute atomic E-state index is 0.104. The molecule has 0 aromatic heterocycles. The molecule has 0 aliphatic heterocycles. The van der Waals surface area contributed by atoms with Gasteiger partial charge in [-0.1, -0.05) is 32.9 Å². The molecule has 0 radical (unpaired) electrons. The van der Waals surface area contributed by atoms with Gasteiger partial charge in [0.2, 0.25) is 0 Å². The van der Waals surface area contributed by atoms with Gasteiger partial charge in [0.1, 0.15) is 22.2 Å². The number of rotatable bonds is 7. The number of ether oxygens (including phenoxy) is 1. The van der Waals surface area contributed by atoms with E-state index in [1.807, 2.05) is 12.1 Å². The molecule has 0 atom stereocenters. The van der Waals surface area contributed by atoms with E-state index in [-0.39, 0.29) is 11.2 Å². The van der Waals surface area contributed by atoms with Crippen LogP contribution >= 0.6 is 0 Å². The second-order valence-corrected chi connectivity index (χ2v) is 8.27. The van der Waals surface area contributed by atoms with Crippen LogP contribution in [0.15, 0.2) is 24.3 Å². The third-order valence-electron chi connectivity index (χ3n) is 2.90. The van der Waals surface area contributed by atoms with Crippen molar-refractivity contribution < 1.29 is 13.2 Å². The van der Waals surface area contributed by atoms with Crippen LogP contribution in [0.1, 0.15) is 26.3 Å². The van der Waals surface area contributed by atoms with Gasteiger partial charge in [0, 0.05) is 19.3 Å². The Labute approximate surface area is 122 Å². The molecule has 1 aromatic rings. The smallest absolute Gasteiger partial charge is 0.148 e. The zero-order valence-electron chi connectivity index (χ0n) is 12.8. The lowest BCUT2D eigenvalue weighted by Crippen LogP contribution is -2.26. The van der Waals surface area contributed by atoms with Crippen LogP contribution in [0.4, 0.5) is 0 Å². The minimum atomic E-state index is -2.89.